The van der Waals surface area contributed by atoms with Gasteiger partial charge in [-0.05, 0) is 48.5 Å². The van der Waals surface area contributed by atoms with Crippen LogP contribution < -0.4 is 4.90 Å². The van der Waals surface area contributed by atoms with E-state index in [0.29, 0.717) is 22.7 Å². The average Bonchev–Trinajstić information content (AvgIpc) is 2.46. The van der Waals surface area contributed by atoms with E-state index in [1.165, 1.54) is 4.90 Å². The first-order valence-electron chi connectivity index (χ1n) is 5.86. The van der Waals surface area contributed by atoms with Crippen molar-refractivity contribution in [3.63, 3.8) is 0 Å². The van der Waals surface area contributed by atoms with E-state index in [2.05, 4.69) is 15.9 Å². The number of anilines is 1. The van der Waals surface area contributed by atoms with Crippen molar-refractivity contribution in [2.24, 2.45) is 0 Å². The molecule has 0 fully saturated rings. The first kappa shape index (κ1) is 14.8. The van der Waals surface area contributed by atoms with E-state index in [9.17, 15) is 9.59 Å². The van der Waals surface area contributed by atoms with Gasteiger partial charge in [-0.3, -0.25) is 9.59 Å². The van der Waals surface area contributed by atoms with Crippen molar-refractivity contribution in [2.75, 3.05) is 11.4 Å². The van der Waals surface area contributed by atoms with Gasteiger partial charge in [0, 0.05) is 20.7 Å². The summed E-state index contributed by atoms with van der Waals surface area (Å²) in [7, 11) is 0. The van der Waals surface area contributed by atoms with Crippen LogP contribution in [0.3, 0.4) is 0 Å². The number of halogens is 2. The van der Waals surface area contributed by atoms with Gasteiger partial charge in [-0.1, -0.05) is 27.5 Å². The van der Waals surface area contributed by atoms with Crippen molar-refractivity contribution in [2.45, 2.75) is 0 Å². The molecule has 1 amide bonds. The number of hydrogen-bond donors (Lipinski definition) is 0. The van der Waals surface area contributed by atoms with Crippen LogP contribution in [0.5, 0.6) is 0 Å². The van der Waals surface area contributed by atoms with Crippen molar-refractivity contribution < 1.29 is 9.59 Å². The predicted molar refractivity (Wildman–Crippen MR) is 83.3 cm³/mol. The quantitative estimate of drug-likeness (QED) is 0.603. The maximum Gasteiger partial charge on any atom is 0.214 e. The summed E-state index contributed by atoms with van der Waals surface area (Å²) in [5.41, 5.74) is 1.20. The molecule has 0 N–H and O–H groups in total. The number of rotatable bonds is 5. The van der Waals surface area contributed by atoms with Crippen molar-refractivity contribution in [3.05, 3.63) is 63.6 Å². The molecule has 0 bridgehead atoms. The molecule has 5 heteroatoms. The molecule has 0 aliphatic heterocycles. The SMILES string of the molecule is O=CN(CC(=O)c1ccc(Cl)cc1)c1ccc(Br)cc1. The third kappa shape index (κ3) is 3.68. The molecule has 0 aliphatic carbocycles. The first-order valence-corrected chi connectivity index (χ1v) is 7.03. The minimum atomic E-state index is -0.142. The second-order valence-corrected chi connectivity index (χ2v) is 5.49. The van der Waals surface area contributed by atoms with Crippen LogP contribution in [0.4, 0.5) is 5.69 Å². The lowest BCUT2D eigenvalue weighted by atomic mass is 10.1. The Morgan fingerprint density at radius 1 is 1.10 bits per heavy atom. The van der Waals surface area contributed by atoms with E-state index in [0.717, 1.165) is 4.47 Å². The maximum absolute atomic E-state index is 12.1. The highest BCUT2D eigenvalue weighted by molar-refractivity contribution is 9.10. The van der Waals surface area contributed by atoms with E-state index in [1.54, 1.807) is 36.4 Å². The summed E-state index contributed by atoms with van der Waals surface area (Å²) < 4.78 is 0.913. The average molecular weight is 353 g/mol. The van der Waals surface area contributed by atoms with Crippen LogP contribution >= 0.6 is 27.5 Å². The number of carbonyl (C=O) groups excluding carboxylic acids is 2. The molecule has 102 valence electrons. The molecular formula is C15H11BrClNO2. The molecule has 2 aromatic carbocycles. The van der Waals surface area contributed by atoms with Crippen LogP contribution in [0.2, 0.25) is 5.02 Å². The number of benzene rings is 2. The zero-order valence-electron chi connectivity index (χ0n) is 10.4. The smallest absolute Gasteiger partial charge is 0.214 e. The van der Waals surface area contributed by atoms with E-state index in [1.807, 2.05) is 12.1 Å². The number of Topliss-reactive ketones (excluding diaryl/α,β-unsaturated/α-hetero) is 1. The maximum atomic E-state index is 12.1. The first-order chi connectivity index (χ1) is 9.60. The lowest BCUT2D eigenvalue weighted by Gasteiger charge is -2.16. The fourth-order valence-electron chi connectivity index (χ4n) is 1.70. The van der Waals surface area contributed by atoms with Crippen LogP contribution in [0.1, 0.15) is 10.4 Å². The van der Waals surface area contributed by atoms with Crippen molar-refractivity contribution >= 4 is 45.4 Å². The van der Waals surface area contributed by atoms with Crippen molar-refractivity contribution in [1.29, 1.82) is 0 Å². The molecule has 2 aromatic rings. The van der Waals surface area contributed by atoms with Gasteiger partial charge < -0.3 is 4.90 Å². The highest BCUT2D eigenvalue weighted by Crippen LogP contribution is 2.18. The van der Waals surface area contributed by atoms with Gasteiger partial charge in [0.2, 0.25) is 6.41 Å². The molecule has 0 aliphatic rings. The normalized spacial score (nSPS) is 10.1. The molecule has 0 unspecified atom stereocenters. The molecule has 0 saturated carbocycles. The Morgan fingerprint density at radius 3 is 2.25 bits per heavy atom. The molecule has 0 radical (unpaired) electrons. The summed E-state index contributed by atoms with van der Waals surface area (Å²) in [6.07, 6.45) is 0.650. The van der Waals surface area contributed by atoms with Gasteiger partial charge in [0.15, 0.2) is 5.78 Å². The number of hydrogen-bond acceptors (Lipinski definition) is 2. The Bertz CT molecular complexity index is 611. The number of carbonyl (C=O) groups is 2. The molecule has 0 aromatic heterocycles. The van der Waals surface area contributed by atoms with E-state index in [4.69, 9.17) is 11.6 Å². The molecular weight excluding hydrogens is 342 g/mol. The van der Waals surface area contributed by atoms with E-state index in [-0.39, 0.29) is 12.3 Å². The Morgan fingerprint density at radius 2 is 1.70 bits per heavy atom. The molecule has 3 nitrogen and oxygen atoms in total. The molecule has 2 rings (SSSR count). The molecule has 20 heavy (non-hydrogen) atoms. The number of amides is 1. The van der Waals surface area contributed by atoms with Gasteiger partial charge in [-0.2, -0.15) is 0 Å². The third-order valence-electron chi connectivity index (χ3n) is 2.77. The van der Waals surface area contributed by atoms with Crippen molar-refractivity contribution in [3.8, 4) is 0 Å². The minimum absolute atomic E-state index is 0.00718. The number of ketones is 1. The Labute approximate surface area is 130 Å². The lowest BCUT2D eigenvalue weighted by Crippen LogP contribution is -2.28. The summed E-state index contributed by atoms with van der Waals surface area (Å²) in [6.45, 7) is -0.00718. The largest absolute Gasteiger partial charge is 0.307 e. The van der Waals surface area contributed by atoms with Crippen LogP contribution in [-0.4, -0.2) is 18.7 Å². The van der Waals surface area contributed by atoms with Crippen LogP contribution in [0, 0.1) is 0 Å². The third-order valence-corrected chi connectivity index (χ3v) is 3.55. The van der Waals surface area contributed by atoms with Gasteiger partial charge in [-0.15, -0.1) is 0 Å². The summed E-state index contributed by atoms with van der Waals surface area (Å²) in [5, 5.41) is 0.571. The van der Waals surface area contributed by atoms with Crippen molar-refractivity contribution in [1.82, 2.24) is 0 Å². The van der Waals surface area contributed by atoms with Gasteiger partial charge in [-0.25, -0.2) is 0 Å². The predicted octanol–water partition coefficient (Wildman–Crippen LogP) is 3.95. The monoisotopic (exact) mass is 351 g/mol. The summed E-state index contributed by atoms with van der Waals surface area (Å²) in [4.78, 5) is 24.6. The molecule has 0 heterocycles. The zero-order valence-corrected chi connectivity index (χ0v) is 12.8. The van der Waals surface area contributed by atoms with Crippen LogP contribution in [0.25, 0.3) is 0 Å². The van der Waals surface area contributed by atoms with Gasteiger partial charge in [0.25, 0.3) is 0 Å². The van der Waals surface area contributed by atoms with Gasteiger partial charge in [0.1, 0.15) is 0 Å². The lowest BCUT2D eigenvalue weighted by molar-refractivity contribution is -0.107. The van der Waals surface area contributed by atoms with Crippen LogP contribution in [-0.2, 0) is 4.79 Å². The Kier molecular flexibility index (Phi) is 4.93. The summed E-state index contributed by atoms with van der Waals surface area (Å²) in [6, 6.07) is 13.8. The fraction of sp³-hybridized carbons (Fsp3) is 0.0667. The van der Waals surface area contributed by atoms with E-state index < -0.39 is 0 Å². The molecule has 0 atom stereocenters. The van der Waals surface area contributed by atoms with Gasteiger partial charge in [0.05, 0.1) is 6.54 Å². The van der Waals surface area contributed by atoms with E-state index >= 15 is 0 Å². The number of nitrogens with zero attached hydrogens (tertiary/aromatic N) is 1. The Hall–Kier alpha value is -1.65. The second kappa shape index (κ2) is 6.68. The summed E-state index contributed by atoms with van der Waals surface area (Å²) >= 11 is 9.10. The topological polar surface area (TPSA) is 37.4 Å². The standard InChI is InChI=1S/C15H11BrClNO2/c16-12-3-7-14(8-4-12)18(10-19)9-15(20)11-1-5-13(17)6-2-11/h1-8,10H,9H2. The summed E-state index contributed by atoms with van der Waals surface area (Å²) in [5.74, 6) is -0.142. The highest BCUT2D eigenvalue weighted by atomic mass is 79.9. The van der Waals surface area contributed by atoms with Crippen LogP contribution in [0.15, 0.2) is 53.0 Å². The second-order valence-electron chi connectivity index (χ2n) is 4.14. The molecule has 0 saturated heterocycles. The molecule has 0 spiro atoms. The minimum Gasteiger partial charge on any atom is -0.307 e. The Balaban J connectivity index is 2.13. The van der Waals surface area contributed by atoms with Gasteiger partial charge >= 0.3 is 0 Å². The zero-order chi connectivity index (χ0) is 14.5. The fourth-order valence-corrected chi connectivity index (χ4v) is 2.09. The highest BCUT2D eigenvalue weighted by Gasteiger charge is 2.12.